The van der Waals surface area contributed by atoms with Gasteiger partial charge < -0.3 is 0 Å². The Morgan fingerprint density at radius 2 is 1.73 bits per heavy atom. The molecule has 4 rings (SSSR count). The highest BCUT2D eigenvalue weighted by Crippen LogP contribution is 2.37. The zero-order valence-electron chi connectivity index (χ0n) is 16.6. The Morgan fingerprint density at radius 3 is 2.40 bits per heavy atom. The number of rotatable bonds is 7. The number of fused-ring (bicyclic) bond motifs is 1. The van der Waals surface area contributed by atoms with Crippen LogP contribution in [0, 0.1) is 11.7 Å². The molecule has 0 fully saturated rings. The summed E-state index contributed by atoms with van der Waals surface area (Å²) in [4.78, 5) is 11.9. The van der Waals surface area contributed by atoms with Gasteiger partial charge in [0, 0.05) is 11.3 Å². The van der Waals surface area contributed by atoms with Crippen LogP contribution in [0.3, 0.4) is 0 Å². The molecule has 3 nitrogen and oxygen atoms in total. The molecule has 0 aliphatic rings. The molecule has 2 unspecified atom stereocenters. The zero-order chi connectivity index (χ0) is 21.1. The van der Waals surface area contributed by atoms with E-state index in [1.165, 1.54) is 12.1 Å². The summed E-state index contributed by atoms with van der Waals surface area (Å²) in [6, 6.07) is 20.2. The highest BCUT2D eigenvalue weighted by atomic mass is 19.1. The monoisotopic (exact) mass is 404 g/mol. The fourth-order valence-electron chi connectivity index (χ4n) is 4.07. The normalized spacial score (nSPS) is 13.3. The smallest absolute Gasteiger partial charge is 0.261 e. The maximum atomic E-state index is 14.1. The van der Waals surface area contributed by atoms with Crippen LogP contribution in [0.25, 0.3) is 16.6 Å². The molecule has 5 heteroatoms. The van der Waals surface area contributed by atoms with Crippen LogP contribution in [-0.2, 0) is 4.79 Å². The van der Waals surface area contributed by atoms with Gasteiger partial charge in [-0.2, -0.15) is 9.49 Å². The average molecular weight is 404 g/mol. The second-order valence-corrected chi connectivity index (χ2v) is 7.44. The van der Waals surface area contributed by atoms with Gasteiger partial charge in [-0.15, -0.1) is 0 Å². The summed E-state index contributed by atoms with van der Waals surface area (Å²) in [6.45, 7) is 1.95. The number of carbonyl (C=O) groups excluding carboxylic acids is 1. The van der Waals surface area contributed by atoms with E-state index in [-0.39, 0.29) is 11.7 Å². The van der Waals surface area contributed by atoms with Crippen LogP contribution in [-0.4, -0.2) is 15.8 Å². The van der Waals surface area contributed by atoms with Gasteiger partial charge in [-0.25, -0.2) is 9.07 Å². The molecule has 3 aromatic carbocycles. The summed E-state index contributed by atoms with van der Waals surface area (Å²) in [5.74, 6) is -1.41. The molecule has 0 spiro atoms. The molecule has 1 heterocycles. The third-order valence-electron chi connectivity index (χ3n) is 5.47. The SMILES string of the molecule is CCCC(C(=O)F)C(c1ccccc1)c1ccc2c(cnn2-c2ccc(F)cc2)c1. The Hall–Kier alpha value is -3.34. The highest BCUT2D eigenvalue weighted by molar-refractivity contribution is 5.82. The Bertz CT molecular complexity index is 1150. The summed E-state index contributed by atoms with van der Waals surface area (Å²) >= 11 is 0. The van der Waals surface area contributed by atoms with Crippen molar-refractivity contribution in [3.8, 4) is 5.69 Å². The third kappa shape index (κ3) is 3.88. The third-order valence-corrected chi connectivity index (χ3v) is 5.47. The standard InChI is InChI=1S/C25H22F2N2O/c1-2-6-22(25(27)30)24(17-7-4-3-5-8-17)18-9-14-23-19(15-18)16-28-29(23)21-12-10-20(26)11-13-21/h3-5,7-16,22,24H,2,6H2,1H3. The molecule has 0 bridgehead atoms. The minimum absolute atomic E-state index is 0.305. The van der Waals surface area contributed by atoms with Gasteiger partial charge in [0.1, 0.15) is 5.82 Å². The first kappa shape index (κ1) is 20.0. The summed E-state index contributed by atoms with van der Waals surface area (Å²) in [5.41, 5.74) is 3.39. The molecule has 152 valence electrons. The first-order valence-electron chi connectivity index (χ1n) is 10.1. The molecule has 4 aromatic rings. The molecule has 0 saturated carbocycles. The van der Waals surface area contributed by atoms with Crippen molar-refractivity contribution in [2.45, 2.75) is 25.7 Å². The van der Waals surface area contributed by atoms with Crippen molar-refractivity contribution in [1.29, 1.82) is 0 Å². The summed E-state index contributed by atoms with van der Waals surface area (Å²) in [6.07, 6.45) is 2.92. The first-order chi connectivity index (χ1) is 14.6. The number of hydrogen-bond donors (Lipinski definition) is 0. The molecule has 2 atom stereocenters. The van der Waals surface area contributed by atoms with E-state index in [9.17, 15) is 13.6 Å². The lowest BCUT2D eigenvalue weighted by Crippen LogP contribution is -2.20. The van der Waals surface area contributed by atoms with Crippen molar-refractivity contribution in [3.05, 3.63) is 95.9 Å². The number of halogens is 2. The van der Waals surface area contributed by atoms with Crippen molar-refractivity contribution >= 4 is 16.9 Å². The van der Waals surface area contributed by atoms with Gasteiger partial charge in [0.05, 0.1) is 23.3 Å². The molecule has 0 amide bonds. The Labute approximate surface area is 174 Å². The molecule has 1 aromatic heterocycles. The van der Waals surface area contributed by atoms with Crippen LogP contribution in [0.5, 0.6) is 0 Å². The maximum Gasteiger partial charge on any atom is 0.305 e. The van der Waals surface area contributed by atoms with E-state index in [1.807, 2.05) is 55.5 Å². The molecular formula is C25H22F2N2O. The largest absolute Gasteiger partial charge is 0.305 e. The van der Waals surface area contributed by atoms with Gasteiger partial charge in [0.15, 0.2) is 0 Å². The molecule has 0 aliphatic carbocycles. The summed E-state index contributed by atoms with van der Waals surface area (Å²) in [7, 11) is 0. The van der Waals surface area contributed by atoms with E-state index in [0.29, 0.717) is 12.8 Å². The van der Waals surface area contributed by atoms with Crippen molar-refractivity contribution in [3.63, 3.8) is 0 Å². The van der Waals surface area contributed by atoms with Crippen LogP contribution in [0.4, 0.5) is 8.78 Å². The molecule has 30 heavy (non-hydrogen) atoms. The zero-order valence-corrected chi connectivity index (χ0v) is 16.6. The summed E-state index contributed by atoms with van der Waals surface area (Å²) in [5, 5.41) is 5.31. The Morgan fingerprint density at radius 1 is 1.00 bits per heavy atom. The lowest BCUT2D eigenvalue weighted by atomic mass is 9.78. The van der Waals surface area contributed by atoms with E-state index in [4.69, 9.17) is 0 Å². The van der Waals surface area contributed by atoms with Gasteiger partial charge in [-0.3, -0.25) is 4.79 Å². The number of carbonyl (C=O) groups is 1. The predicted molar refractivity (Wildman–Crippen MR) is 114 cm³/mol. The number of hydrogen-bond acceptors (Lipinski definition) is 2. The Kier molecular flexibility index (Phi) is 5.70. The van der Waals surface area contributed by atoms with E-state index in [0.717, 1.165) is 27.7 Å². The fraction of sp³-hybridized carbons (Fsp3) is 0.200. The van der Waals surface area contributed by atoms with Crippen molar-refractivity contribution in [1.82, 2.24) is 9.78 Å². The number of benzene rings is 3. The quantitative estimate of drug-likeness (QED) is 0.343. The van der Waals surface area contributed by atoms with E-state index in [2.05, 4.69) is 5.10 Å². The van der Waals surface area contributed by atoms with Crippen molar-refractivity contribution in [2.24, 2.45) is 5.92 Å². The van der Waals surface area contributed by atoms with Crippen molar-refractivity contribution < 1.29 is 13.6 Å². The Balaban J connectivity index is 1.80. The van der Waals surface area contributed by atoms with Crippen LogP contribution in [0.1, 0.15) is 36.8 Å². The van der Waals surface area contributed by atoms with Gasteiger partial charge >= 0.3 is 6.04 Å². The van der Waals surface area contributed by atoms with Gasteiger partial charge in [-0.1, -0.05) is 49.7 Å². The van der Waals surface area contributed by atoms with Crippen molar-refractivity contribution in [2.75, 3.05) is 0 Å². The van der Waals surface area contributed by atoms with Crippen LogP contribution < -0.4 is 0 Å². The van der Waals surface area contributed by atoms with E-state index in [1.54, 1.807) is 23.0 Å². The topological polar surface area (TPSA) is 34.9 Å². The fourth-order valence-corrected chi connectivity index (χ4v) is 4.07. The molecular weight excluding hydrogens is 382 g/mol. The maximum absolute atomic E-state index is 14.1. The van der Waals surface area contributed by atoms with E-state index < -0.39 is 12.0 Å². The van der Waals surface area contributed by atoms with Gasteiger partial charge in [-0.05, 0) is 53.9 Å². The minimum Gasteiger partial charge on any atom is -0.261 e. The molecule has 0 saturated heterocycles. The summed E-state index contributed by atoms with van der Waals surface area (Å²) < 4.78 is 29.1. The highest BCUT2D eigenvalue weighted by Gasteiger charge is 2.30. The average Bonchev–Trinajstić information content (AvgIpc) is 3.18. The van der Waals surface area contributed by atoms with E-state index >= 15 is 0 Å². The molecule has 0 radical (unpaired) electrons. The van der Waals surface area contributed by atoms with Gasteiger partial charge in [0.25, 0.3) is 0 Å². The minimum atomic E-state index is -1.28. The second kappa shape index (κ2) is 8.57. The molecule has 0 N–H and O–H groups in total. The lowest BCUT2D eigenvalue weighted by molar-refractivity contribution is -0.134. The predicted octanol–water partition coefficient (Wildman–Crippen LogP) is 6.21. The first-order valence-corrected chi connectivity index (χ1v) is 10.1. The van der Waals surface area contributed by atoms with Crippen LogP contribution in [0.2, 0.25) is 0 Å². The lowest BCUT2D eigenvalue weighted by Gasteiger charge is -2.24. The van der Waals surface area contributed by atoms with Crippen LogP contribution in [0.15, 0.2) is 79.0 Å². The molecule has 0 aliphatic heterocycles. The second-order valence-electron chi connectivity index (χ2n) is 7.44. The number of aromatic nitrogens is 2. The number of nitrogens with zero attached hydrogens (tertiary/aromatic N) is 2. The van der Waals surface area contributed by atoms with Gasteiger partial charge in [0.2, 0.25) is 0 Å². The van der Waals surface area contributed by atoms with Crippen LogP contribution >= 0.6 is 0 Å².